The number of rotatable bonds is 6. The number of hydrogen-bond donors (Lipinski definition) is 1. The summed E-state index contributed by atoms with van der Waals surface area (Å²) in [4.78, 5) is 24.7. The van der Waals surface area contributed by atoms with Crippen LogP contribution < -0.4 is 5.32 Å². The van der Waals surface area contributed by atoms with Crippen LogP contribution in [0, 0.1) is 0 Å². The van der Waals surface area contributed by atoms with Crippen molar-refractivity contribution in [3.8, 4) is 22.8 Å². The summed E-state index contributed by atoms with van der Waals surface area (Å²) in [6.07, 6.45) is 3.86. The molecule has 0 saturated heterocycles. The maximum absolute atomic E-state index is 12.1. The summed E-state index contributed by atoms with van der Waals surface area (Å²) >= 11 is 1.15. The minimum absolute atomic E-state index is 0.186. The number of nitrogens with zero attached hydrogens (tertiary/aromatic N) is 5. The van der Waals surface area contributed by atoms with Crippen LogP contribution in [0.2, 0.25) is 0 Å². The van der Waals surface area contributed by atoms with Crippen molar-refractivity contribution in [1.29, 1.82) is 0 Å². The molecule has 3 heterocycles. The molecule has 27 heavy (non-hydrogen) atoms. The fraction of sp³-hybridized carbons (Fsp3) is 0.111. The average molecular weight is 378 g/mol. The van der Waals surface area contributed by atoms with E-state index in [0.29, 0.717) is 29.1 Å². The van der Waals surface area contributed by atoms with Crippen molar-refractivity contribution in [3.05, 3.63) is 60.7 Å². The lowest BCUT2D eigenvalue weighted by molar-refractivity contribution is -0.116. The van der Waals surface area contributed by atoms with Crippen LogP contribution in [0.15, 0.2) is 59.4 Å². The smallest absolute Gasteiger partial charge is 0.227 e. The van der Waals surface area contributed by atoms with Crippen LogP contribution in [0.25, 0.3) is 22.8 Å². The molecule has 0 fully saturated rings. The Bertz CT molecular complexity index is 1030. The topological polar surface area (TPSA) is 107 Å². The molecule has 134 valence electrons. The lowest BCUT2D eigenvalue weighted by Crippen LogP contribution is -2.12. The van der Waals surface area contributed by atoms with Crippen molar-refractivity contribution >= 4 is 22.6 Å². The van der Waals surface area contributed by atoms with Crippen molar-refractivity contribution in [2.75, 3.05) is 5.32 Å². The van der Waals surface area contributed by atoms with Gasteiger partial charge < -0.3 is 9.84 Å². The van der Waals surface area contributed by atoms with Gasteiger partial charge in [-0.3, -0.25) is 9.78 Å². The highest BCUT2D eigenvalue weighted by molar-refractivity contribution is 7.10. The van der Waals surface area contributed by atoms with Gasteiger partial charge in [0.15, 0.2) is 5.82 Å². The Kier molecular flexibility index (Phi) is 4.93. The fourth-order valence-electron chi connectivity index (χ4n) is 2.36. The summed E-state index contributed by atoms with van der Waals surface area (Å²) < 4.78 is 9.46. The third-order valence-corrected chi connectivity index (χ3v) is 4.31. The number of nitrogens with one attached hydrogen (secondary N) is 1. The number of pyridine rings is 1. The van der Waals surface area contributed by atoms with Crippen LogP contribution in [0.1, 0.15) is 12.3 Å². The molecule has 4 aromatic rings. The normalized spacial score (nSPS) is 10.7. The first-order valence-corrected chi connectivity index (χ1v) is 8.97. The van der Waals surface area contributed by atoms with E-state index >= 15 is 0 Å². The van der Waals surface area contributed by atoms with E-state index in [-0.39, 0.29) is 12.3 Å². The number of anilines is 1. The summed E-state index contributed by atoms with van der Waals surface area (Å²) in [5.41, 5.74) is 1.72. The summed E-state index contributed by atoms with van der Waals surface area (Å²) in [5, 5.41) is 7.13. The molecule has 0 unspecified atom stereocenters. The van der Waals surface area contributed by atoms with Gasteiger partial charge in [0.05, 0.1) is 0 Å². The van der Waals surface area contributed by atoms with E-state index in [1.165, 1.54) is 0 Å². The molecule has 0 spiro atoms. The van der Waals surface area contributed by atoms with Crippen molar-refractivity contribution < 1.29 is 9.32 Å². The zero-order valence-corrected chi connectivity index (χ0v) is 14.9. The molecule has 0 aliphatic rings. The number of carbonyl (C=O) groups is 1. The van der Waals surface area contributed by atoms with E-state index in [1.54, 1.807) is 24.5 Å². The van der Waals surface area contributed by atoms with Gasteiger partial charge in [-0.1, -0.05) is 35.5 Å². The molecule has 1 aromatic carbocycles. The first-order valence-electron chi connectivity index (χ1n) is 8.20. The molecule has 0 atom stereocenters. The van der Waals surface area contributed by atoms with Crippen LogP contribution in [0.5, 0.6) is 0 Å². The van der Waals surface area contributed by atoms with E-state index in [1.807, 2.05) is 30.3 Å². The molecule has 3 aromatic heterocycles. The Hall–Kier alpha value is -3.46. The number of carbonyl (C=O) groups excluding carboxylic acids is 1. The quantitative estimate of drug-likeness (QED) is 0.549. The van der Waals surface area contributed by atoms with E-state index in [9.17, 15) is 4.79 Å². The van der Waals surface area contributed by atoms with Gasteiger partial charge in [-0.15, -0.1) is 0 Å². The number of aryl methyl sites for hydroxylation is 1. The first-order chi connectivity index (χ1) is 13.3. The van der Waals surface area contributed by atoms with Crippen LogP contribution in [-0.4, -0.2) is 30.4 Å². The minimum Gasteiger partial charge on any atom is -0.339 e. The third kappa shape index (κ3) is 4.21. The number of aromatic nitrogens is 5. The molecule has 0 saturated carbocycles. The molecule has 4 rings (SSSR count). The summed E-state index contributed by atoms with van der Waals surface area (Å²) in [6, 6.07) is 13.2. The molecule has 1 amide bonds. The Labute approximate surface area is 158 Å². The molecule has 0 aliphatic carbocycles. The summed E-state index contributed by atoms with van der Waals surface area (Å²) in [5.74, 6) is 1.29. The van der Waals surface area contributed by atoms with Gasteiger partial charge in [-0.2, -0.15) is 14.3 Å². The summed E-state index contributed by atoms with van der Waals surface area (Å²) in [7, 11) is 0. The predicted molar refractivity (Wildman–Crippen MR) is 99.8 cm³/mol. The monoisotopic (exact) mass is 378 g/mol. The Morgan fingerprint density at radius 1 is 1.00 bits per heavy atom. The van der Waals surface area contributed by atoms with Gasteiger partial charge in [0.25, 0.3) is 0 Å². The highest BCUT2D eigenvalue weighted by Gasteiger charge is 2.13. The van der Waals surface area contributed by atoms with E-state index in [4.69, 9.17) is 4.52 Å². The van der Waals surface area contributed by atoms with Gasteiger partial charge in [0, 0.05) is 47.9 Å². The largest absolute Gasteiger partial charge is 0.339 e. The maximum Gasteiger partial charge on any atom is 0.227 e. The Morgan fingerprint density at radius 3 is 2.59 bits per heavy atom. The molecule has 1 N–H and O–H groups in total. The highest BCUT2D eigenvalue weighted by atomic mass is 32.1. The first kappa shape index (κ1) is 17.0. The van der Waals surface area contributed by atoms with Gasteiger partial charge in [0.1, 0.15) is 0 Å². The lowest BCUT2D eigenvalue weighted by Gasteiger charge is -1.98. The average Bonchev–Trinajstić information content (AvgIpc) is 3.37. The molecule has 0 bridgehead atoms. The number of hydrogen-bond acceptors (Lipinski definition) is 8. The second-order valence-corrected chi connectivity index (χ2v) is 6.34. The van der Waals surface area contributed by atoms with Gasteiger partial charge in [-0.05, 0) is 12.1 Å². The van der Waals surface area contributed by atoms with Crippen LogP contribution in [0.4, 0.5) is 5.13 Å². The molecule has 8 nitrogen and oxygen atoms in total. The number of amides is 1. The number of benzene rings is 1. The molecular formula is C18H14N6O2S. The lowest BCUT2D eigenvalue weighted by atomic mass is 10.2. The van der Waals surface area contributed by atoms with Crippen molar-refractivity contribution in [1.82, 2.24) is 24.5 Å². The zero-order chi connectivity index (χ0) is 18.5. The van der Waals surface area contributed by atoms with E-state index < -0.39 is 0 Å². The van der Waals surface area contributed by atoms with Crippen molar-refractivity contribution in [3.63, 3.8) is 0 Å². The maximum atomic E-state index is 12.1. The minimum atomic E-state index is -0.186. The fourth-order valence-corrected chi connectivity index (χ4v) is 2.96. The SMILES string of the molecule is O=C(CCc1nc(-c2ccncc2)no1)Nc1nc(-c2ccccc2)ns1. The summed E-state index contributed by atoms with van der Waals surface area (Å²) in [6.45, 7) is 0. The Morgan fingerprint density at radius 2 is 1.78 bits per heavy atom. The van der Waals surface area contributed by atoms with Crippen LogP contribution >= 0.6 is 11.5 Å². The van der Waals surface area contributed by atoms with Crippen molar-refractivity contribution in [2.45, 2.75) is 12.8 Å². The standard InChI is InChI=1S/C18H14N6O2S/c25-14(20-18-22-17(24-27-18)12-4-2-1-3-5-12)6-7-15-21-16(23-26-15)13-8-10-19-11-9-13/h1-5,8-11H,6-7H2,(H,20,22,24,25). The van der Waals surface area contributed by atoms with E-state index in [2.05, 4.69) is 29.8 Å². The predicted octanol–water partition coefficient (Wildman–Crippen LogP) is 3.22. The molecule has 0 aliphatic heterocycles. The van der Waals surface area contributed by atoms with Crippen molar-refractivity contribution in [2.24, 2.45) is 0 Å². The van der Waals surface area contributed by atoms with Gasteiger partial charge in [-0.25, -0.2) is 0 Å². The molecular weight excluding hydrogens is 364 g/mol. The van der Waals surface area contributed by atoms with Crippen LogP contribution in [-0.2, 0) is 11.2 Å². The second-order valence-electron chi connectivity index (χ2n) is 5.58. The Balaban J connectivity index is 1.33. The highest BCUT2D eigenvalue weighted by Crippen LogP contribution is 2.21. The molecule has 9 heteroatoms. The molecule has 0 radical (unpaired) electrons. The van der Waals surface area contributed by atoms with Gasteiger partial charge >= 0.3 is 0 Å². The third-order valence-electron chi connectivity index (χ3n) is 3.68. The zero-order valence-electron chi connectivity index (χ0n) is 14.1. The van der Waals surface area contributed by atoms with Gasteiger partial charge in [0.2, 0.25) is 22.8 Å². The van der Waals surface area contributed by atoms with Crippen LogP contribution in [0.3, 0.4) is 0 Å². The van der Waals surface area contributed by atoms with E-state index in [0.717, 1.165) is 22.7 Å². The second kappa shape index (κ2) is 7.83.